The Balaban J connectivity index is 2.28. The maximum atomic E-state index is 12.4. The standard InChI is InChI=1S/C15H20N2O2/c1-4-12-13(18)17(15(2,3)14(19)16-12)10-11-8-6-5-7-9-11/h5-9,12H,4,10H2,1-3H3,(H,16,19). The predicted molar refractivity (Wildman–Crippen MR) is 73.3 cm³/mol. The molecular formula is C15H20N2O2. The van der Waals surface area contributed by atoms with Gasteiger partial charge in [0.15, 0.2) is 0 Å². The molecule has 0 spiro atoms. The van der Waals surface area contributed by atoms with Crippen LogP contribution in [0.1, 0.15) is 32.8 Å². The lowest BCUT2D eigenvalue weighted by atomic mass is 9.94. The van der Waals surface area contributed by atoms with Crippen LogP contribution < -0.4 is 5.32 Å². The number of piperazine rings is 1. The minimum absolute atomic E-state index is 0.00375. The van der Waals surface area contributed by atoms with Crippen LogP contribution in [0.2, 0.25) is 0 Å². The number of amides is 2. The van der Waals surface area contributed by atoms with Crippen LogP contribution in [0, 0.1) is 0 Å². The summed E-state index contributed by atoms with van der Waals surface area (Å²) in [7, 11) is 0. The summed E-state index contributed by atoms with van der Waals surface area (Å²) >= 11 is 0. The number of carbonyl (C=O) groups is 2. The van der Waals surface area contributed by atoms with Crippen LogP contribution in [0.4, 0.5) is 0 Å². The van der Waals surface area contributed by atoms with E-state index in [1.54, 1.807) is 18.7 Å². The van der Waals surface area contributed by atoms with E-state index in [1.165, 1.54) is 0 Å². The molecular weight excluding hydrogens is 240 g/mol. The van der Waals surface area contributed by atoms with Crippen molar-refractivity contribution < 1.29 is 9.59 Å². The third kappa shape index (κ3) is 2.48. The Morgan fingerprint density at radius 3 is 2.42 bits per heavy atom. The van der Waals surface area contributed by atoms with Crippen LogP contribution in [0.3, 0.4) is 0 Å². The van der Waals surface area contributed by atoms with E-state index < -0.39 is 11.6 Å². The van der Waals surface area contributed by atoms with Crippen LogP contribution in [0.15, 0.2) is 30.3 Å². The van der Waals surface area contributed by atoms with Gasteiger partial charge in [-0.15, -0.1) is 0 Å². The van der Waals surface area contributed by atoms with E-state index in [9.17, 15) is 9.59 Å². The van der Waals surface area contributed by atoms with Gasteiger partial charge in [-0.3, -0.25) is 9.59 Å². The van der Waals surface area contributed by atoms with Crippen LogP contribution in [-0.2, 0) is 16.1 Å². The monoisotopic (exact) mass is 260 g/mol. The van der Waals surface area contributed by atoms with Crippen molar-refractivity contribution in [3.05, 3.63) is 35.9 Å². The quantitative estimate of drug-likeness (QED) is 0.899. The average molecular weight is 260 g/mol. The first kappa shape index (κ1) is 13.6. The Labute approximate surface area is 113 Å². The third-order valence-electron chi connectivity index (χ3n) is 3.69. The second kappa shape index (κ2) is 5.03. The number of carbonyl (C=O) groups excluding carboxylic acids is 2. The van der Waals surface area contributed by atoms with E-state index in [-0.39, 0.29) is 11.8 Å². The number of nitrogens with one attached hydrogen (secondary N) is 1. The second-order valence-corrected chi connectivity index (χ2v) is 5.40. The minimum atomic E-state index is -0.807. The molecule has 0 aromatic heterocycles. The first-order valence-corrected chi connectivity index (χ1v) is 6.63. The fraction of sp³-hybridized carbons (Fsp3) is 0.467. The molecule has 1 aromatic carbocycles. The normalized spacial score (nSPS) is 22.3. The number of nitrogens with zero attached hydrogens (tertiary/aromatic N) is 1. The molecule has 19 heavy (non-hydrogen) atoms. The Morgan fingerprint density at radius 2 is 1.84 bits per heavy atom. The van der Waals surface area contributed by atoms with Crippen LogP contribution >= 0.6 is 0 Å². The molecule has 0 aliphatic carbocycles. The summed E-state index contributed by atoms with van der Waals surface area (Å²) in [5.74, 6) is -0.0918. The molecule has 2 rings (SSSR count). The Morgan fingerprint density at radius 1 is 1.21 bits per heavy atom. The summed E-state index contributed by atoms with van der Waals surface area (Å²) in [6.45, 7) is 5.95. The first-order chi connectivity index (χ1) is 8.96. The second-order valence-electron chi connectivity index (χ2n) is 5.40. The van der Waals surface area contributed by atoms with Gasteiger partial charge in [-0.2, -0.15) is 0 Å². The molecule has 1 saturated heterocycles. The minimum Gasteiger partial charge on any atom is -0.342 e. The fourth-order valence-electron chi connectivity index (χ4n) is 2.30. The van der Waals surface area contributed by atoms with Gasteiger partial charge in [0.25, 0.3) is 0 Å². The lowest BCUT2D eigenvalue weighted by Crippen LogP contribution is -2.67. The molecule has 1 heterocycles. The van der Waals surface area contributed by atoms with E-state index in [4.69, 9.17) is 0 Å². The number of rotatable bonds is 3. The van der Waals surface area contributed by atoms with Crippen LogP contribution in [0.5, 0.6) is 0 Å². The molecule has 1 aliphatic heterocycles. The van der Waals surface area contributed by atoms with Gasteiger partial charge >= 0.3 is 0 Å². The van der Waals surface area contributed by atoms with Crippen molar-refractivity contribution in [1.82, 2.24) is 10.2 Å². The maximum Gasteiger partial charge on any atom is 0.246 e. The van der Waals surface area contributed by atoms with E-state index in [0.29, 0.717) is 13.0 Å². The number of hydrogen-bond acceptors (Lipinski definition) is 2. The van der Waals surface area contributed by atoms with E-state index in [2.05, 4.69) is 5.32 Å². The summed E-state index contributed by atoms with van der Waals surface area (Å²) in [4.78, 5) is 26.2. The number of benzene rings is 1. The third-order valence-corrected chi connectivity index (χ3v) is 3.69. The van der Waals surface area contributed by atoms with Crippen LogP contribution in [0.25, 0.3) is 0 Å². The molecule has 1 fully saturated rings. The van der Waals surface area contributed by atoms with Crippen molar-refractivity contribution in [2.75, 3.05) is 0 Å². The molecule has 102 valence electrons. The summed E-state index contributed by atoms with van der Waals surface area (Å²) in [6.07, 6.45) is 0.617. The molecule has 2 amide bonds. The molecule has 0 saturated carbocycles. The molecule has 1 N–H and O–H groups in total. The highest BCUT2D eigenvalue weighted by Crippen LogP contribution is 2.24. The Hall–Kier alpha value is -1.84. The summed E-state index contributed by atoms with van der Waals surface area (Å²) in [5, 5.41) is 2.79. The maximum absolute atomic E-state index is 12.4. The zero-order chi connectivity index (χ0) is 14.0. The van der Waals surface area contributed by atoms with Crippen molar-refractivity contribution in [2.45, 2.75) is 45.3 Å². The largest absolute Gasteiger partial charge is 0.342 e. The van der Waals surface area contributed by atoms with Gasteiger partial charge in [-0.05, 0) is 25.8 Å². The zero-order valence-corrected chi connectivity index (χ0v) is 11.6. The van der Waals surface area contributed by atoms with Gasteiger partial charge in [-0.25, -0.2) is 0 Å². The van der Waals surface area contributed by atoms with Gasteiger partial charge in [0.1, 0.15) is 11.6 Å². The molecule has 1 atom stereocenters. The van der Waals surface area contributed by atoms with Gasteiger partial charge in [0.05, 0.1) is 0 Å². The molecule has 1 aliphatic rings. The molecule has 1 unspecified atom stereocenters. The van der Waals surface area contributed by atoms with Crippen molar-refractivity contribution in [3.63, 3.8) is 0 Å². The number of hydrogen-bond donors (Lipinski definition) is 1. The van der Waals surface area contributed by atoms with Gasteiger partial charge < -0.3 is 10.2 Å². The highest BCUT2D eigenvalue weighted by molar-refractivity contribution is 5.99. The summed E-state index contributed by atoms with van der Waals surface area (Å²) < 4.78 is 0. The van der Waals surface area contributed by atoms with Crippen molar-refractivity contribution in [3.8, 4) is 0 Å². The zero-order valence-electron chi connectivity index (χ0n) is 11.6. The lowest BCUT2D eigenvalue weighted by Gasteiger charge is -2.44. The highest BCUT2D eigenvalue weighted by Gasteiger charge is 2.45. The average Bonchev–Trinajstić information content (AvgIpc) is 2.40. The summed E-state index contributed by atoms with van der Waals surface area (Å²) in [6, 6.07) is 9.36. The molecule has 4 nitrogen and oxygen atoms in total. The molecule has 0 radical (unpaired) electrons. The van der Waals surface area contributed by atoms with Crippen molar-refractivity contribution in [2.24, 2.45) is 0 Å². The predicted octanol–water partition coefficient (Wildman–Crippen LogP) is 1.70. The Bertz CT molecular complexity index is 482. The van der Waals surface area contributed by atoms with Crippen molar-refractivity contribution >= 4 is 11.8 Å². The fourth-order valence-corrected chi connectivity index (χ4v) is 2.30. The topological polar surface area (TPSA) is 49.4 Å². The van der Waals surface area contributed by atoms with Crippen LogP contribution in [-0.4, -0.2) is 28.3 Å². The van der Waals surface area contributed by atoms with Crippen molar-refractivity contribution in [1.29, 1.82) is 0 Å². The molecule has 1 aromatic rings. The summed E-state index contributed by atoms with van der Waals surface area (Å²) in [5.41, 5.74) is 0.229. The Kier molecular flexibility index (Phi) is 3.60. The van der Waals surface area contributed by atoms with Gasteiger partial charge in [0, 0.05) is 6.54 Å². The van der Waals surface area contributed by atoms with Gasteiger partial charge in [0.2, 0.25) is 11.8 Å². The lowest BCUT2D eigenvalue weighted by molar-refractivity contribution is -0.156. The van der Waals surface area contributed by atoms with E-state index in [0.717, 1.165) is 5.56 Å². The van der Waals surface area contributed by atoms with E-state index >= 15 is 0 Å². The van der Waals surface area contributed by atoms with Gasteiger partial charge in [-0.1, -0.05) is 37.3 Å². The highest BCUT2D eigenvalue weighted by atomic mass is 16.2. The molecule has 4 heteroatoms. The van der Waals surface area contributed by atoms with E-state index in [1.807, 2.05) is 37.3 Å². The first-order valence-electron chi connectivity index (χ1n) is 6.63. The smallest absolute Gasteiger partial charge is 0.246 e. The SMILES string of the molecule is CCC1NC(=O)C(C)(C)N(Cc2ccccc2)C1=O. The molecule has 0 bridgehead atoms.